The van der Waals surface area contributed by atoms with Crippen LogP contribution < -0.4 is 5.56 Å². The first kappa shape index (κ1) is 10.4. The van der Waals surface area contributed by atoms with E-state index in [1.54, 1.807) is 17.5 Å². The third kappa shape index (κ3) is 1.47. The van der Waals surface area contributed by atoms with Gasteiger partial charge in [0.2, 0.25) is 0 Å². The van der Waals surface area contributed by atoms with Crippen LogP contribution in [0.3, 0.4) is 0 Å². The lowest BCUT2D eigenvalue weighted by molar-refractivity contribution is 0.281. The van der Waals surface area contributed by atoms with Crippen molar-refractivity contribution >= 4 is 32.3 Å². The van der Waals surface area contributed by atoms with E-state index < -0.39 is 5.82 Å². The highest BCUT2D eigenvalue weighted by Crippen LogP contribution is 2.27. The zero-order chi connectivity index (χ0) is 12.0. The number of rotatable bonds is 1. The van der Waals surface area contributed by atoms with E-state index in [0.29, 0.717) is 15.6 Å². The summed E-state index contributed by atoms with van der Waals surface area (Å²) in [5, 5.41) is 12.2. The van der Waals surface area contributed by atoms with Crippen LogP contribution in [0.1, 0.15) is 5.56 Å². The molecule has 17 heavy (non-hydrogen) atoms. The second-order valence-electron chi connectivity index (χ2n) is 3.78. The fourth-order valence-corrected chi connectivity index (χ4v) is 2.76. The third-order valence-corrected chi connectivity index (χ3v) is 3.65. The summed E-state index contributed by atoms with van der Waals surface area (Å²) in [6.07, 6.45) is 0. The van der Waals surface area contributed by atoms with Crippen LogP contribution in [0.15, 0.2) is 28.4 Å². The molecule has 1 aromatic carbocycles. The second kappa shape index (κ2) is 3.65. The standard InChI is InChI=1S/C12H8FNO2S/c13-9-4-6(5-15)3-8-7-1-2-17-11(7)12(16)14-10(8)9/h1-4,15H,5H2,(H,14,16). The van der Waals surface area contributed by atoms with Gasteiger partial charge in [-0.2, -0.15) is 0 Å². The number of aliphatic hydroxyl groups is 1. The molecule has 0 aliphatic carbocycles. The van der Waals surface area contributed by atoms with Crippen LogP contribution in [-0.4, -0.2) is 10.1 Å². The summed E-state index contributed by atoms with van der Waals surface area (Å²) in [6, 6.07) is 4.72. The van der Waals surface area contributed by atoms with Crippen LogP contribution in [0, 0.1) is 5.82 Å². The molecule has 2 heterocycles. The van der Waals surface area contributed by atoms with Crippen molar-refractivity contribution in [1.82, 2.24) is 4.98 Å². The molecule has 3 nitrogen and oxygen atoms in total. The Morgan fingerprint density at radius 2 is 2.18 bits per heavy atom. The number of aromatic amines is 1. The van der Waals surface area contributed by atoms with Crippen molar-refractivity contribution in [1.29, 1.82) is 0 Å². The van der Waals surface area contributed by atoms with Crippen molar-refractivity contribution in [2.24, 2.45) is 0 Å². The van der Waals surface area contributed by atoms with Crippen LogP contribution in [0.2, 0.25) is 0 Å². The fraction of sp³-hybridized carbons (Fsp3) is 0.0833. The van der Waals surface area contributed by atoms with E-state index in [0.717, 1.165) is 5.39 Å². The number of benzene rings is 1. The molecule has 0 bridgehead atoms. The van der Waals surface area contributed by atoms with Crippen molar-refractivity contribution in [3.05, 3.63) is 45.3 Å². The maximum atomic E-state index is 13.8. The van der Waals surface area contributed by atoms with Crippen LogP contribution >= 0.6 is 11.3 Å². The number of fused-ring (bicyclic) bond motifs is 3. The number of hydrogen-bond donors (Lipinski definition) is 2. The van der Waals surface area contributed by atoms with Gasteiger partial charge in [-0.1, -0.05) is 0 Å². The number of hydrogen-bond acceptors (Lipinski definition) is 3. The molecule has 86 valence electrons. The summed E-state index contributed by atoms with van der Waals surface area (Å²) in [4.78, 5) is 14.2. The number of pyridine rings is 1. The molecule has 0 saturated heterocycles. The van der Waals surface area contributed by atoms with E-state index in [2.05, 4.69) is 4.98 Å². The smallest absolute Gasteiger partial charge is 0.266 e. The summed E-state index contributed by atoms with van der Waals surface area (Å²) >= 11 is 1.32. The molecule has 0 fully saturated rings. The molecule has 0 unspecified atom stereocenters. The SMILES string of the molecule is O=c1[nH]c2c(F)cc(CO)cc2c2ccsc12. The van der Waals surface area contributed by atoms with Crippen molar-refractivity contribution < 1.29 is 9.50 Å². The Labute approximate surface area is 99.1 Å². The lowest BCUT2D eigenvalue weighted by Crippen LogP contribution is -2.05. The largest absolute Gasteiger partial charge is 0.392 e. The zero-order valence-electron chi connectivity index (χ0n) is 8.66. The van der Waals surface area contributed by atoms with Gasteiger partial charge in [0.25, 0.3) is 5.56 Å². The normalized spacial score (nSPS) is 11.4. The number of H-pyrrole nitrogens is 1. The van der Waals surface area contributed by atoms with E-state index in [-0.39, 0.29) is 17.7 Å². The third-order valence-electron chi connectivity index (χ3n) is 2.73. The molecular weight excluding hydrogens is 241 g/mol. The van der Waals surface area contributed by atoms with E-state index in [1.165, 1.54) is 17.4 Å². The molecule has 2 N–H and O–H groups in total. The van der Waals surface area contributed by atoms with Gasteiger partial charge in [-0.05, 0) is 29.1 Å². The Kier molecular flexibility index (Phi) is 2.24. The minimum Gasteiger partial charge on any atom is -0.392 e. The van der Waals surface area contributed by atoms with Crippen LogP contribution in [-0.2, 0) is 6.61 Å². The Bertz CT molecular complexity index is 775. The molecule has 0 atom stereocenters. The minimum atomic E-state index is -0.517. The van der Waals surface area contributed by atoms with Gasteiger partial charge in [0.1, 0.15) is 10.5 Å². The first-order chi connectivity index (χ1) is 8.20. The Morgan fingerprint density at radius 1 is 1.35 bits per heavy atom. The van der Waals surface area contributed by atoms with Gasteiger partial charge in [0, 0.05) is 10.8 Å². The summed E-state index contributed by atoms with van der Waals surface area (Å²) in [6.45, 7) is -0.225. The summed E-state index contributed by atoms with van der Waals surface area (Å²) < 4.78 is 14.3. The van der Waals surface area contributed by atoms with Crippen molar-refractivity contribution in [3.63, 3.8) is 0 Å². The predicted octanol–water partition coefficient (Wildman–Crippen LogP) is 2.37. The zero-order valence-corrected chi connectivity index (χ0v) is 9.47. The van der Waals surface area contributed by atoms with Crippen molar-refractivity contribution in [2.45, 2.75) is 6.61 Å². The minimum absolute atomic E-state index is 0.193. The molecular formula is C12H8FNO2S. The lowest BCUT2D eigenvalue weighted by Gasteiger charge is -2.04. The van der Waals surface area contributed by atoms with E-state index in [1.807, 2.05) is 0 Å². The number of thiophene rings is 1. The number of aliphatic hydroxyl groups excluding tert-OH is 1. The quantitative estimate of drug-likeness (QED) is 0.695. The Balaban J connectivity index is 2.60. The molecule has 5 heteroatoms. The molecule has 0 aliphatic heterocycles. The van der Waals surface area contributed by atoms with Gasteiger partial charge < -0.3 is 10.1 Å². The van der Waals surface area contributed by atoms with Crippen molar-refractivity contribution in [2.75, 3.05) is 0 Å². The molecule has 3 rings (SSSR count). The first-order valence-corrected chi connectivity index (χ1v) is 5.91. The van der Waals surface area contributed by atoms with E-state index in [9.17, 15) is 9.18 Å². The van der Waals surface area contributed by atoms with Gasteiger partial charge in [-0.25, -0.2) is 4.39 Å². The van der Waals surface area contributed by atoms with Crippen molar-refractivity contribution in [3.8, 4) is 0 Å². The van der Waals surface area contributed by atoms with Crippen LogP contribution in [0.4, 0.5) is 4.39 Å². The average Bonchev–Trinajstić information content (AvgIpc) is 2.80. The molecule has 2 aromatic heterocycles. The highest BCUT2D eigenvalue weighted by molar-refractivity contribution is 7.17. The molecule has 0 saturated carbocycles. The van der Waals surface area contributed by atoms with Crippen LogP contribution in [0.5, 0.6) is 0 Å². The van der Waals surface area contributed by atoms with E-state index in [4.69, 9.17) is 5.11 Å². The molecule has 0 aliphatic rings. The van der Waals surface area contributed by atoms with Gasteiger partial charge in [-0.3, -0.25) is 4.79 Å². The topological polar surface area (TPSA) is 53.1 Å². The summed E-state index contributed by atoms with van der Waals surface area (Å²) in [5.41, 5.74) is 0.408. The van der Waals surface area contributed by atoms with Gasteiger partial charge in [0.15, 0.2) is 0 Å². The second-order valence-corrected chi connectivity index (χ2v) is 4.69. The summed E-state index contributed by atoms with van der Waals surface area (Å²) in [5.74, 6) is -0.517. The molecule has 0 amide bonds. The molecule has 0 radical (unpaired) electrons. The number of halogens is 1. The lowest BCUT2D eigenvalue weighted by atomic mass is 10.1. The Hall–Kier alpha value is -1.72. The highest BCUT2D eigenvalue weighted by atomic mass is 32.1. The maximum Gasteiger partial charge on any atom is 0.266 e. The van der Waals surface area contributed by atoms with Crippen LogP contribution in [0.25, 0.3) is 21.0 Å². The predicted molar refractivity (Wildman–Crippen MR) is 65.8 cm³/mol. The maximum absolute atomic E-state index is 13.8. The number of aromatic nitrogens is 1. The fourth-order valence-electron chi connectivity index (χ4n) is 1.96. The molecule has 0 spiro atoms. The summed E-state index contributed by atoms with van der Waals surface area (Å²) in [7, 11) is 0. The molecule has 3 aromatic rings. The monoisotopic (exact) mass is 249 g/mol. The van der Waals surface area contributed by atoms with Gasteiger partial charge in [-0.15, -0.1) is 11.3 Å². The van der Waals surface area contributed by atoms with Gasteiger partial charge >= 0.3 is 0 Å². The number of nitrogens with one attached hydrogen (secondary N) is 1. The van der Waals surface area contributed by atoms with Gasteiger partial charge in [0.05, 0.1) is 12.1 Å². The first-order valence-electron chi connectivity index (χ1n) is 5.03. The Morgan fingerprint density at radius 3 is 2.94 bits per heavy atom. The van der Waals surface area contributed by atoms with E-state index >= 15 is 0 Å². The average molecular weight is 249 g/mol. The highest BCUT2D eigenvalue weighted by Gasteiger charge is 2.10.